The summed E-state index contributed by atoms with van der Waals surface area (Å²) in [6.07, 6.45) is 5.32. The smallest absolute Gasteiger partial charge is 0.227 e. The molecule has 1 aromatic heterocycles. The molecule has 1 aliphatic heterocycles. The molecule has 1 fully saturated rings. The maximum absolute atomic E-state index is 12.2. The van der Waals surface area contributed by atoms with Gasteiger partial charge in [-0.05, 0) is 28.8 Å². The summed E-state index contributed by atoms with van der Waals surface area (Å²) in [4.78, 5) is 22.6. The van der Waals surface area contributed by atoms with E-state index >= 15 is 0 Å². The fourth-order valence-corrected chi connectivity index (χ4v) is 2.48. The Hall–Kier alpha value is -1.17. The predicted molar refractivity (Wildman–Crippen MR) is 82.4 cm³/mol. The van der Waals surface area contributed by atoms with E-state index in [1.165, 1.54) is 0 Å². The minimum absolute atomic E-state index is 0.232. The second kappa shape index (κ2) is 6.08. The third kappa shape index (κ3) is 3.91. The van der Waals surface area contributed by atoms with Gasteiger partial charge in [-0.1, -0.05) is 20.8 Å². The molecule has 1 aliphatic rings. The van der Waals surface area contributed by atoms with Gasteiger partial charge in [-0.15, -0.1) is 0 Å². The zero-order valence-electron chi connectivity index (χ0n) is 12.2. The number of hydrogen-bond acceptors (Lipinski definition) is 4. The Morgan fingerprint density at radius 2 is 1.85 bits per heavy atom. The van der Waals surface area contributed by atoms with Gasteiger partial charge in [0.05, 0.1) is 4.47 Å². The van der Waals surface area contributed by atoms with Gasteiger partial charge in [-0.25, -0.2) is 9.97 Å². The first kappa shape index (κ1) is 15.2. The molecule has 0 aromatic carbocycles. The minimum Gasteiger partial charge on any atom is -0.351 e. The number of piperidine rings is 1. The van der Waals surface area contributed by atoms with Crippen molar-refractivity contribution in [2.75, 3.05) is 18.4 Å². The first-order valence-corrected chi connectivity index (χ1v) is 7.69. The van der Waals surface area contributed by atoms with Crippen LogP contribution in [-0.2, 0) is 4.79 Å². The summed E-state index contributed by atoms with van der Waals surface area (Å²) in [7, 11) is 0. The third-order valence-electron chi connectivity index (χ3n) is 3.38. The molecule has 2 heterocycles. The van der Waals surface area contributed by atoms with Crippen LogP contribution in [0.5, 0.6) is 0 Å². The molecule has 6 heteroatoms. The molecule has 1 N–H and O–H groups in total. The molecule has 0 bridgehead atoms. The number of carbonyl (C=O) groups excluding carboxylic acids is 1. The Kier molecular flexibility index (Phi) is 4.62. The number of carbonyl (C=O) groups is 1. The van der Waals surface area contributed by atoms with Gasteiger partial charge in [0.2, 0.25) is 11.9 Å². The quantitative estimate of drug-likeness (QED) is 0.899. The molecular weight excluding hydrogens is 320 g/mol. The molecule has 0 radical (unpaired) electrons. The molecular formula is C14H21BrN4O. The van der Waals surface area contributed by atoms with E-state index in [4.69, 9.17) is 0 Å². The first-order valence-electron chi connectivity index (χ1n) is 6.90. The second-order valence-electron chi connectivity index (χ2n) is 6.19. The Morgan fingerprint density at radius 3 is 2.35 bits per heavy atom. The lowest BCUT2D eigenvalue weighted by molar-refractivity contribution is -0.140. The lowest BCUT2D eigenvalue weighted by Gasteiger charge is -2.35. The van der Waals surface area contributed by atoms with Crippen LogP contribution in [0.25, 0.3) is 0 Å². The molecule has 0 unspecified atom stereocenters. The van der Waals surface area contributed by atoms with Gasteiger partial charge in [0.25, 0.3) is 0 Å². The van der Waals surface area contributed by atoms with Crippen LogP contribution < -0.4 is 5.32 Å². The van der Waals surface area contributed by atoms with Crippen molar-refractivity contribution in [3.8, 4) is 0 Å². The van der Waals surface area contributed by atoms with E-state index in [0.29, 0.717) is 12.0 Å². The fraction of sp³-hybridized carbons (Fsp3) is 0.643. The molecule has 0 saturated carbocycles. The van der Waals surface area contributed by atoms with Crippen LogP contribution in [0.15, 0.2) is 16.9 Å². The van der Waals surface area contributed by atoms with Gasteiger partial charge in [0, 0.05) is 36.9 Å². The lowest BCUT2D eigenvalue weighted by atomic mass is 9.93. The Balaban J connectivity index is 1.85. The highest BCUT2D eigenvalue weighted by Crippen LogP contribution is 2.22. The van der Waals surface area contributed by atoms with Gasteiger partial charge in [-0.3, -0.25) is 4.79 Å². The number of nitrogens with zero attached hydrogens (tertiary/aromatic N) is 3. The second-order valence-corrected chi connectivity index (χ2v) is 7.10. The zero-order chi connectivity index (χ0) is 14.8. The van der Waals surface area contributed by atoms with Crippen molar-refractivity contribution in [3.63, 3.8) is 0 Å². The van der Waals surface area contributed by atoms with Crippen LogP contribution in [0.2, 0.25) is 0 Å². The predicted octanol–water partition coefficient (Wildman–Crippen LogP) is 2.69. The number of aromatic nitrogens is 2. The van der Waals surface area contributed by atoms with Crippen LogP contribution in [0.1, 0.15) is 33.6 Å². The standard InChI is InChI=1S/C14H21BrN4O/c1-14(2,3)12(20)19-6-4-11(5-7-19)18-13-16-8-10(15)9-17-13/h8-9,11H,4-7H2,1-3H3,(H,16,17,18). The Morgan fingerprint density at radius 1 is 1.30 bits per heavy atom. The molecule has 20 heavy (non-hydrogen) atoms. The van der Waals surface area contributed by atoms with Crippen LogP contribution in [0.3, 0.4) is 0 Å². The van der Waals surface area contributed by atoms with E-state index in [1.54, 1.807) is 12.4 Å². The average Bonchev–Trinajstić information content (AvgIpc) is 2.40. The molecule has 0 spiro atoms. The third-order valence-corrected chi connectivity index (χ3v) is 3.79. The fourth-order valence-electron chi connectivity index (χ4n) is 2.27. The van der Waals surface area contributed by atoms with E-state index in [9.17, 15) is 4.79 Å². The maximum atomic E-state index is 12.2. The summed E-state index contributed by atoms with van der Waals surface area (Å²) < 4.78 is 0.869. The van der Waals surface area contributed by atoms with Crippen molar-refractivity contribution in [1.82, 2.24) is 14.9 Å². The summed E-state index contributed by atoms with van der Waals surface area (Å²) in [5.74, 6) is 0.879. The first-order chi connectivity index (χ1) is 9.36. The van der Waals surface area contributed by atoms with E-state index in [-0.39, 0.29) is 11.3 Å². The van der Waals surface area contributed by atoms with Crippen molar-refractivity contribution >= 4 is 27.8 Å². The van der Waals surface area contributed by atoms with Crippen LogP contribution in [0.4, 0.5) is 5.95 Å². The van der Waals surface area contributed by atoms with Gasteiger partial charge < -0.3 is 10.2 Å². The largest absolute Gasteiger partial charge is 0.351 e. The van der Waals surface area contributed by atoms with Crippen molar-refractivity contribution in [2.45, 2.75) is 39.7 Å². The molecule has 1 amide bonds. The summed E-state index contributed by atoms with van der Waals surface area (Å²) in [6, 6.07) is 0.334. The summed E-state index contributed by atoms with van der Waals surface area (Å²) in [5.41, 5.74) is -0.297. The Labute approximate surface area is 128 Å². The Bertz CT molecular complexity index is 461. The summed E-state index contributed by atoms with van der Waals surface area (Å²) >= 11 is 3.32. The number of nitrogens with one attached hydrogen (secondary N) is 1. The molecule has 110 valence electrons. The van der Waals surface area contributed by atoms with E-state index < -0.39 is 0 Å². The normalized spacial score (nSPS) is 17.1. The topological polar surface area (TPSA) is 58.1 Å². The van der Waals surface area contributed by atoms with Gasteiger partial charge in [0.15, 0.2) is 0 Å². The van der Waals surface area contributed by atoms with Gasteiger partial charge in [0.1, 0.15) is 0 Å². The summed E-state index contributed by atoms with van der Waals surface area (Å²) in [6.45, 7) is 7.49. The maximum Gasteiger partial charge on any atom is 0.227 e. The average molecular weight is 341 g/mol. The van der Waals surface area contributed by atoms with Crippen LogP contribution in [0, 0.1) is 5.41 Å². The van der Waals surface area contributed by atoms with Gasteiger partial charge >= 0.3 is 0 Å². The number of likely N-dealkylation sites (tertiary alicyclic amines) is 1. The number of amides is 1. The van der Waals surface area contributed by atoms with Crippen molar-refractivity contribution in [3.05, 3.63) is 16.9 Å². The molecule has 2 rings (SSSR count). The monoisotopic (exact) mass is 340 g/mol. The van der Waals surface area contributed by atoms with Crippen LogP contribution in [-0.4, -0.2) is 39.9 Å². The highest BCUT2D eigenvalue weighted by atomic mass is 79.9. The zero-order valence-corrected chi connectivity index (χ0v) is 13.8. The van der Waals surface area contributed by atoms with Gasteiger partial charge in [-0.2, -0.15) is 0 Å². The van der Waals surface area contributed by atoms with Crippen LogP contribution >= 0.6 is 15.9 Å². The van der Waals surface area contributed by atoms with Crippen molar-refractivity contribution < 1.29 is 4.79 Å². The molecule has 5 nitrogen and oxygen atoms in total. The molecule has 1 saturated heterocycles. The number of rotatable bonds is 2. The molecule has 0 aliphatic carbocycles. The van der Waals surface area contributed by atoms with Crippen molar-refractivity contribution in [2.24, 2.45) is 5.41 Å². The highest BCUT2D eigenvalue weighted by molar-refractivity contribution is 9.10. The van der Waals surface area contributed by atoms with E-state index in [2.05, 4.69) is 31.2 Å². The number of anilines is 1. The number of hydrogen-bond donors (Lipinski definition) is 1. The van der Waals surface area contributed by atoms with E-state index in [1.807, 2.05) is 25.7 Å². The van der Waals surface area contributed by atoms with E-state index in [0.717, 1.165) is 30.4 Å². The highest BCUT2D eigenvalue weighted by Gasteiger charge is 2.30. The lowest BCUT2D eigenvalue weighted by Crippen LogP contribution is -2.46. The number of halogens is 1. The van der Waals surface area contributed by atoms with Crippen molar-refractivity contribution in [1.29, 1.82) is 0 Å². The summed E-state index contributed by atoms with van der Waals surface area (Å²) in [5, 5.41) is 3.33. The minimum atomic E-state index is -0.297. The SMILES string of the molecule is CC(C)(C)C(=O)N1CCC(Nc2ncc(Br)cn2)CC1. The molecule has 1 aromatic rings. The molecule has 0 atom stereocenters.